The van der Waals surface area contributed by atoms with E-state index in [4.69, 9.17) is 4.74 Å². The van der Waals surface area contributed by atoms with Crippen molar-refractivity contribution in [3.05, 3.63) is 58.3 Å². The molecule has 19 heavy (non-hydrogen) atoms. The number of nitrogens with one attached hydrogen (secondary N) is 1. The Morgan fingerprint density at radius 2 is 1.89 bits per heavy atom. The van der Waals surface area contributed by atoms with Crippen molar-refractivity contribution < 1.29 is 4.74 Å². The Balaban J connectivity index is 0.00000180. The first-order valence-corrected chi connectivity index (χ1v) is 6.51. The minimum Gasteiger partial charge on any atom is -0.496 e. The van der Waals surface area contributed by atoms with Gasteiger partial charge in [0.2, 0.25) is 0 Å². The van der Waals surface area contributed by atoms with E-state index in [9.17, 15) is 0 Å². The highest BCUT2D eigenvalue weighted by atomic mass is 79.9. The molecule has 0 spiro atoms. The summed E-state index contributed by atoms with van der Waals surface area (Å²) >= 11 is 3.47. The van der Waals surface area contributed by atoms with Crippen molar-refractivity contribution in [1.29, 1.82) is 0 Å². The summed E-state index contributed by atoms with van der Waals surface area (Å²) in [5, 5.41) is 3.39. The summed E-state index contributed by atoms with van der Waals surface area (Å²) in [4.78, 5) is 4.00. The fraction of sp³-hybridized carbons (Fsp3) is 0.214. The normalized spacial score (nSPS) is 9.79. The number of hydrogen-bond donors (Lipinski definition) is 1. The minimum atomic E-state index is 0. The summed E-state index contributed by atoms with van der Waals surface area (Å²) in [7, 11) is 1.69. The van der Waals surface area contributed by atoms with E-state index < -0.39 is 0 Å². The Bertz CT molecular complexity index is 508. The smallest absolute Gasteiger partial charge is 0.123 e. The van der Waals surface area contributed by atoms with E-state index in [0.717, 1.165) is 28.9 Å². The molecule has 0 radical (unpaired) electrons. The molecule has 0 aliphatic heterocycles. The third-order valence-electron chi connectivity index (χ3n) is 2.64. The number of benzene rings is 1. The van der Waals surface area contributed by atoms with Gasteiger partial charge in [-0.15, -0.1) is 12.4 Å². The summed E-state index contributed by atoms with van der Waals surface area (Å²) < 4.78 is 6.39. The maximum absolute atomic E-state index is 5.33. The van der Waals surface area contributed by atoms with E-state index in [2.05, 4.69) is 32.3 Å². The molecule has 0 amide bonds. The van der Waals surface area contributed by atoms with Crippen LogP contribution in [0.1, 0.15) is 11.1 Å². The molecule has 1 aromatic heterocycles. The summed E-state index contributed by atoms with van der Waals surface area (Å²) in [5.41, 5.74) is 2.36. The zero-order chi connectivity index (χ0) is 12.8. The second kappa shape index (κ2) is 8.15. The predicted octanol–water partition coefficient (Wildman–Crippen LogP) is 3.56. The van der Waals surface area contributed by atoms with Crippen molar-refractivity contribution in [3.63, 3.8) is 0 Å². The first-order chi connectivity index (χ1) is 8.79. The summed E-state index contributed by atoms with van der Waals surface area (Å²) in [6.07, 6.45) is 3.60. The molecule has 2 rings (SSSR count). The van der Waals surface area contributed by atoms with Crippen LogP contribution >= 0.6 is 28.3 Å². The Hall–Kier alpha value is -1.10. The van der Waals surface area contributed by atoms with Crippen molar-refractivity contribution in [2.45, 2.75) is 13.1 Å². The highest BCUT2D eigenvalue weighted by molar-refractivity contribution is 9.10. The second-order valence-corrected chi connectivity index (χ2v) is 4.83. The van der Waals surface area contributed by atoms with Gasteiger partial charge in [0.05, 0.1) is 7.11 Å². The highest BCUT2D eigenvalue weighted by Crippen LogP contribution is 2.22. The Labute approximate surface area is 127 Å². The van der Waals surface area contributed by atoms with E-state index >= 15 is 0 Å². The lowest BCUT2D eigenvalue weighted by Crippen LogP contribution is -2.13. The van der Waals surface area contributed by atoms with Gasteiger partial charge in [-0.3, -0.25) is 4.98 Å². The number of rotatable bonds is 5. The fourth-order valence-corrected chi connectivity index (χ4v) is 2.14. The van der Waals surface area contributed by atoms with Gasteiger partial charge in [-0.1, -0.05) is 15.9 Å². The number of aromatic nitrogens is 1. The van der Waals surface area contributed by atoms with Crippen molar-refractivity contribution in [2.24, 2.45) is 0 Å². The summed E-state index contributed by atoms with van der Waals surface area (Å²) in [6.45, 7) is 1.59. The lowest BCUT2D eigenvalue weighted by atomic mass is 10.2. The number of pyridine rings is 1. The third kappa shape index (κ3) is 4.82. The molecule has 3 nitrogen and oxygen atoms in total. The largest absolute Gasteiger partial charge is 0.496 e. The van der Waals surface area contributed by atoms with Gasteiger partial charge >= 0.3 is 0 Å². The molecular weight excluding hydrogens is 328 g/mol. The first kappa shape index (κ1) is 16.0. The van der Waals surface area contributed by atoms with Crippen LogP contribution in [0.25, 0.3) is 0 Å². The van der Waals surface area contributed by atoms with Crippen LogP contribution in [0.4, 0.5) is 0 Å². The van der Waals surface area contributed by atoms with Crippen molar-refractivity contribution >= 4 is 28.3 Å². The van der Waals surface area contributed by atoms with E-state index in [1.807, 2.05) is 24.3 Å². The quantitative estimate of drug-likeness (QED) is 0.901. The van der Waals surface area contributed by atoms with Crippen LogP contribution in [0.3, 0.4) is 0 Å². The van der Waals surface area contributed by atoms with Crippen molar-refractivity contribution in [3.8, 4) is 5.75 Å². The molecule has 0 saturated carbocycles. The lowest BCUT2D eigenvalue weighted by molar-refractivity contribution is 0.407. The van der Waals surface area contributed by atoms with Crippen LogP contribution < -0.4 is 10.1 Å². The van der Waals surface area contributed by atoms with Gasteiger partial charge in [0.1, 0.15) is 5.75 Å². The number of methoxy groups -OCH3 is 1. The van der Waals surface area contributed by atoms with E-state index in [1.54, 1.807) is 19.5 Å². The van der Waals surface area contributed by atoms with Gasteiger partial charge in [-0.25, -0.2) is 0 Å². The zero-order valence-electron chi connectivity index (χ0n) is 10.6. The molecule has 1 heterocycles. The molecule has 2 aromatic rings. The number of hydrogen-bond acceptors (Lipinski definition) is 3. The highest BCUT2D eigenvalue weighted by Gasteiger charge is 2.03. The van der Waals surface area contributed by atoms with Gasteiger partial charge in [-0.2, -0.15) is 0 Å². The SMILES string of the molecule is COc1ccc(Br)cc1CNCc1ccncc1.Cl. The lowest BCUT2D eigenvalue weighted by Gasteiger charge is -2.10. The van der Waals surface area contributed by atoms with E-state index in [1.165, 1.54) is 5.56 Å². The Morgan fingerprint density at radius 3 is 2.58 bits per heavy atom. The number of nitrogens with zero attached hydrogens (tertiary/aromatic N) is 1. The molecule has 5 heteroatoms. The first-order valence-electron chi connectivity index (χ1n) is 5.71. The molecule has 0 unspecified atom stereocenters. The maximum Gasteiger partial charge on any atom is 0.123 e. The second-order valence-electron chi connectivity index (χ2n) is 3.92. The molecule has 0 bridgehead atoms. The average Bonchev–Trinajstić information content (AvgIpc) is 2.40. The predicted molar refractivity (Wildman–Crippen MR) is 82.7 cm³/mol. The fourth-order valence-electron chi connectivity index (χ4n) is 1.73. The molecule has 102 valence electrons. The van der Waals surface area contributed by atoms with Crippen LogP contribution in [0.5, 0.6) is 5.75 Å². The minimum absolute atomic E-state index is 0. The topological polar surface area (TPSA) is 34.1 Å². The summed E-state index contributed by atoms with van der Waals surface area (Å²) in [6, 6.07) is 10.0. The van der Waals surface area contributed by atoms with E-state index in [-0.39, 0.29) is 12.4 Å². The number of halogens is 2. The summed E-state index contributed by atoms with van der Waals surface area (Å²) in [5.74, 6) is 0.903. The molecule has 0 atom stereocenters. The third-order valence-corrected chi connectivity index (χ3v) is 3.13. The van der Waals surface area contributed by atoms with Gasteiger partial charge in [0.25, 0.3) is 0 Å². The van der Waals surface area contributed by atoms with Crippen LogP contribution in [0.15, 0.2) is 47.2 Å². The van der Waals surface area contributed by atoms with E-state index in [0.29, 0.717) is 0 Å². The van der Waals surface area contributed by atoms with Crippen LogP contribution in [-0.2, 0) is 13.1 Å². The molecule has 1 aromatic carbocycles. The Kier molecular flexibility index (Phi) is 6.84. The van der Waals surface area contributed by atoms with Gasteiger partial charge in [0.15, 0.2) is 0 Å². The zero-order valence-corrected chi connectivity index (χ0v) is 13.0. The Morgan fingerprint density at radius 1 is 1.16 bits per heavy atom. The molecule has 0 saturated heterocycles. The standard InChI is InChI=1S/C14H15BrN2O.ClH/c1-18-14-3-2-13(15)8-12(14)10-17-9-11-4-6-16-7-5-11;/h2-8,17H,9-10H2,1H3;1H. The van der Waals surface area contributed by atoms with Crippen molar-refractivity contribution in [1.82, 2.24) is 10.3 Å². The van der Waals surface area contributed by atoms with Gasteiger partial charge in [0, 0.05) is 35.5 Å². The molecular formula is C14H16BrClN2O. The van der Waals surface area contributed by atoms with Crippen LogP contribution in [-0.4, -0.2) is 12.1 Å². The van der Waals surface area contributed by atoms with Crippen LogP contribution in [0.2, 0.25) is 0 Å². The molecule has 0 aliphatic rings. The molecule has 0 aliphatic carbocycles. The molecule has 0 fully saturated rings. The van der Waals surface area contributed by atoms with Gasteiger partial charge in [-0.05, 0) is 35.9 Å². The van der Waals surface area contributed by atoms with Crippen LogP contribution in [0, 0.1) is 0 Å². The number of ether oxygens (including phenoxy) is 1. The van der Waals surface area contributed by atoms with Crippen molar-refractivity contribution in [2.75, 3.05) is 7.11 Å². The molecule has 1 N–H and O–H groups in total. The average molecular weight is 344 g/mol. The van der Waals surface area contributed by atoms with Gasteiger partial charge < -0.3 is 10.1 Å². The maximum atomic E-state index is 5.33. The monoisotopic (exact) mass is 342 g/mol.